The minimum atomic E-state index is -4.21. The van der Waals surface area contributed by atoms with Crippen molar-refractivity contribution in [2.75, 3.05) is 18.9 Å². The molecule has 2 aliphatic heterocycles. The van der Waals surface area contributed by atoms with Crippen molar-refractivity contribution in [2.24, 2.45) is 0 Å². The maximum atomic E-state index is 13.3. The van der Waals surface area contributed by atoms with E-state index in [0.717, 1.165) is 0 Å². The van der Waals surface area contributed by atoms with E-state index in [2.05, 4.69) is 10.1 Å². The molecule has 4 heterocycles. The number of ether oxygens (including phenoxy) is 2. The van der Waals surface area contributed by atoms with Gasteiger partial charge in [0.05, 0.1) is 31.1 Å². The van der Waals surface area contributed by atoms with Crippen LogP contribution in [0.25, 0.3) is 5.52 Å². The number of carbonyl (C=O) groups excluding carboxylic acids is 1. The van der Waals surface area contributed by atoms with Gasteiger partial charge in [0.1, 0.15) is 36.2 Å². The highest BCUT2D eigenvalue weighted by atomic mass is 31.2. The molecule has 3 aromatic rings. The van der Waals surface area contributed by atoms with Gasteiger partial charge in [0.15, 0.2) is 5.82 Å². The molecule has 14 heteroatoms. The van der Waals surface area contributed by atoms with Gasteiger partial charge in [0.25, 0.3) is 0 Å². The number of benzene rings is 1. The number of anilines is 1. The zero-order valence-corrected chi connectivity index (χ0v) is 19.9. The first-order valence-electron chi connectivity index (χ1n) is 11.0. The number of nitrogens with zero attached hydrogens (tertiary/aromatic N) is 4. The number of carbonyl (C=O) groups is 1. The zero-order valence-electron chi connectivity index (χ0n) is 19.0. The number of phosphoric acid groups is 1. The number of aliphatic hydroxyl groups excluding tert-OH is 1. The summed E-state index contributed by atoms with van der Waals surface area (Å²) in [6.45, 7) is 1.31. The first-order chi connectivity index (χ1) is 17.3. The second kappa shape index (κ2) is 9.25. The fourth-order valence-electron chi connectivity index (χ4n) is 4.27. The number of rotatable bonds is 6. The maximum Gasteiger partial charge on any atom is 0.475 e. The zero-order chi connectivity index (χ0) is 25.5. The normalized spacial score (nSPS) is 29.5. The van der Waals surface area contributed by atoms with Crippen molar-refractivity contribution in [3.8, 4) is 6.07 Å². The highest BCUT2D eigenvalue weighted by Crippen LogP contribution is 2.58. The van der Waals surface area contributed by atoms with E-state index < -0.39 is 37.7 Å². The molecule has 2 fully saturated rings. The van der Waals surface area contributed by atoms with Crippen LogP contribution in [0.2, 0.25) is 0 Å². The van der Waals surface area contributed by atoms with Crippen LogP contribution >= 0.6 is 7.82 Å². The summed E-state index contributed by atoms with van der Waals surface area (Å²) in [5.74, 6) is -0.377. The molecule has 188 valence electrons. The molecule has 1 aromatic carbocycles. The summed E-state index contributed by atoms with van der Waals surface area (Å²) in [5.41, 5.74) is 5.23. The number of nitrogen functional groups attached to an aromatic ring is 1. The molecular weight excluding hydrogens is 493 g/mol. The van der Waals surface area contributed by atoms with Crippen molar-refractivity contribution < 1.29 is 37.5 Å². The Morgan fingerprint density at radius 1 is 1.39 bits per heavy atom. The third kappa shape index (κ3) is 3.94. The number of aliphatic hydroxyl groups is 1. The molecule has 0 aliphatic carbocycles. The number of phosphoric ester groups is 1. The van der Waals surface area contributed by atoms with E-state index in [0.29, 0.717) is 11.1 Å². The number of hydrogen-bond donors (Lipinski definition) is 2. The van der Waals surface area contributed by atoms with Gasteiger partial charge in [0.2, 0.25) is 5.60 Å². The van der Waals surface area contributed by atoms with Gasteiger partial charge in [-0.25, -0.2) is 18.9 Å². The standard InChI is InChI=1S/C22H22N5O8P/c1-2-31-21(29)14-6-4-3-5-13(14)9-32-36(30)33-10-16-18(35-36)19(28)22(11-23,34-16)17-8-7-15-20(24)25-12-26-27(15)17/h3-8,12,16,18-19,28H,2,9-10H2,1H3,(H2,24,25,26)/t16-,18-,19-,22+,36?/m1/s1. The first-order valence-corrected chi connectivity index (χ1v) is 12.5. The summed E-state index contributed by atoms with van der Waals surface area (Å²) < 4.78 is 42.0. The number of fused-ring (bicyclic) bond motifs is 2. The predicted molar refractivity (Wildman–Crippen MR) is 121 cm³/mol. The monoisotopic (exact) mass is 515 g/mol. The maximum absolute atomic E-state index is 13.3. The molecule has 2 aromatic heterocycles. The van der Waals surface area contributed by atoms with Gasteiger partial charge in [0, 0.05) is 0 Å². The minimum Gasteiger partial charge on any atom is -0.462 e. The molecule has 13 nitrogen and oxygen atoms in total. The second-order valence-electron chi connectivity index (χ2n) is 8.07. The number of nitrogens with two attached hydrogens (primary N) is 1. The van der Waals surface area contributed by atoms with E-state index in [-0.39, 0.29) is 36.9 Å². The lowest BCUT2D eigenvalue weighted by molar-refractivity contribution is -0.0781. The fourth-order valence-corrected chi connectivity index (χ4v) is 5.65. The molecule has 36 heavy (non-hydrogen) atoms. The Balaban J connectivity index is 1.37. The van der Waals surface area contributed by atoms with Gasteiger partial charge in [-0.15, -0.1) is 0 Å². The topological polar surface area (TPSA) is 181 Å². The number of nitriles is 1. The van der Waals surface area contributed by atoms with Crippen LogP contribution in [0.4, 0.5) is 5.82 Å². The van der Waals surface area contributed by atoms with Gasteiger partial charge in [-0.05, 0) is 30.7 Å². The Morgan fingerprint density at radius 3 is 2.97 bits per heavy atom. The van der Waals surface area contributed by atoms with Crippen molar-refractivity contribution >= 4 is 25.1 Å². The smallest absolute Gasteiger partial charge is 0.462 e. The lowest BCUT2D eigenvalue weighted by atomic mass is 9.92. The molecular formula is C22H22N5O8P. The lowest BCUT2D eigenvalue weighted by Gasteiger charge is -2.30. The van der Waals surface area contributed by atoms with Gasteiger partial charge < -0.3 is 20.3 Å². The molecule has 3 N–H and O–H groups in total. The summed E-state index contributed by atoms with van der Waals surface area (Å²) in [6.07, 6.45) is -2.51. The highest BCUT2D eigenvalue weighted by Gasteiger charge is 2.62. The molecule has 0 amide bonds. The Labute approximate surface area is 204 Å². The minimum absolute atomic E-state index is 0.176. The van der Waals surface area contributed by atoms with Crippen molar-refractivity contribution in [3.05, 3.63) is 59.5 Å². The molecule has 5 rings (SSSR count). The van der Waals surface area contributed by atoms with Gasteiger partial charge in [-0.2, -0.15) is 10.4 Å². The Morgan fingerprint density at radius 2 is 2.19 bits per heavy atom. The summed E-state index contributed by atoms with van der Waals surface area (Å²) in [6, 6.07) is 11.6. The molecule has 0 radical (unpaired) electrons. The largest absolute Gasteiger partial charge is 0.475 e. The van der Waals surface area contributed by atoms with Crippen LogP contribution in [0.3, 0.4) is 0 Å². The van der Waals surface area contributed by atoms with Gasteiger partial charge in [-0.1, -0.05) is 18.2 Å². The average molecular weight is 515 g/mol. The third-order valence-electron chi connectivity index (χ3n) is 6.00. The van der Waals surface area contributed by atoms with Crippen molar-refractivity contribution in [1.82, 2.24) is 14.6 Å². The SMILES string of the molecule is CCOC(=O)c1ccccc1COP1(=O)OC[C@H]2O[C@@](C#N)(c3ccc4c(N)ncnn34)[C@H](O)[C@@H]2O1. The fraction of sp³-hybridized carbons (Fsp3) is 0.364. The van der Waals surface area contributed by atoms with Crippen LogP contribution in [0, 0.1) is 11.3 Å². The van der Waals surface area contributed by atoms with Crippen LogP contribution in [0.15, 0.2) is 42.7 Å². The van der Waals surface area contributed by atoms with Gasteiger partial charge >= 0.3 is 13.8 Å². The van der Waals surface area contributed by atoms with Crippen molar-refractivity contribution in [2.45, 2.75) is 37.4 Å². The van der Waals surface area contributed by atoms with E-state index in [9.17, 15) is 19.7 Å². The van der Waals surface area contributed by atoms with E-state index in [1.54, 1.807) is 37.3 Å². The Hall–Kier alpha value is -3.37. The van der Waals surface area contributed by atoms with Crippen LogP contribution < -0.4 is 5.73 Å². The summed E-state index contributed by atoms with van der Waals surface area (Å²) in [4.78, 5) is 16.1. The highest BCUT2D eigenvalue weighted by molar-refractivity contribution is 7.48. The Bertz CT molecular complexity index is 1410. The quantitative estimate of drug-likeness (QED) is 0.359. The van der Waals surface area contributed by atoms with Crippen LogP contribution in [-0.2, 0) is 39.8 Å². The third-order valence-corrected chi connectivity index (χ3v) is 7.41. The Kier molecular flexibility index (Phi) is 6.25. The predicted octanol–water partition coefficient (Wildman–Crippen LogP) is 1.71. The molecule has 5 atom stereocenters. The van der Waals surface area contributed by atoms with E-state index in [4.69, 9.17) is 28.8 Å². The number of aromatic nitrogens is 3. The molecule has 0 spiro atoms. The average Bonchev–Trinajstić information content (AvgIpc) is 3.44. The van der Waals surface area contributed by atoms with Crippen molar-refractivity contribution in [1.29, 1.82) is 5.26 Å². The lowest BCUT2D eigenvalue weighted by Crippen LogP contribution is -2.43. The first kappa shape index (κ1) is 24.3. The van der Waals surface area contributed by atoms with E-state index in [1.807, 2.05) is 6.07 Å². The summed E-state index contributed by atoms with van der Waals surface area (Å²) in [7, 11) is -4.21. The number of hydrogen-bond acceptors (Lipinski definition) is 12. The van der Waals surface area contributed by atoms with Crippen LogP contribution in [0.1, 0.15) is 28.5 Å². The molecule has 0 bridgehead atoms. The summed E-state index contributed by atoms with van der Waals surface area (Å²) in [5, 5.41) is 25.4. The van der Waals surface area contributed by atoms with Crippen LogP contribution in [0.5, 0.6) is 0 Å². The second-order valence-corrected chi connectivity index (χ2v) is 9.70. The van der Waals surface area contributed by atoms with E-state index in [1.165, 1.54) is 16.9 Å². The molecule has 1 unspecified atom stereocenters. The molecule has 2 aliphatic rings. The molecule has 2 saturated heterocycles. The van der Waals surface area contributed by atoms with E-state index >= 15 is 0 Å². The molecule has 0 saturated carbocycles. The van der Waals surface area contributed by atoms with Crippen molar-refractivity contribution in [3.63, 3.8) is 0 Å². The van der Waals surface area contributed by atoms with Gasteiger partial charge in [-0.3, -0.25) is 13.6 Å². The summed E-state index contributed by atoms with van der Waals surface area (Å²) >= 11 is 0. The number of esters is 1. The van der Waals surface area contributed by atoms with Crippen LogP contribution in [-0.4, -0.2) is 57.2 Å².